The zero-order chi connectivity index (χ0) is 19.2. The molecule has 0 saturated heterocycles. The number of rotatable bonds is 8. The number of hydrogen-bond acceptors (Lipinski definition) is 5. The van der Waals surface area contributed by atoms with Crippen LogP contribution in [0.4, 0.5) is 4.39 Å². The minimum Gasteiger partial charge on any atom is -0.465 e. The van der Waals surface area contributed by atoms with E-state index in [9.17, 15) is 17.6 Å². The standard InChI is InChI=1S/C18H21FN2O4S.ClH/c1-25-18(22)16-12-15(19)8-9-17(16)26(23,24)21(11-5-10-20)13-14-6-3-2-4-7-14;/h2-4,6-9,12H,5,10-11,13,20H2,1H3;1H. The molecule has 0 saturated carbocycles. The fourth-order valence-corrected chi connectivity index (χ4v) is 4.10. The summed E-state index contributed by atoms with van der Waals surface area (Å²) in [4.78, 5) is 11.6. The highest BCUT2D eigenvalue weighted by Crippen LogP contribution is 2.24. The van der Waals surface area contributed by atoms with E-state index in [0.29, 0.717) is 13.0 Å². The van der Waals surface area contributed by atoms with Gasteiger partial charge in [-0.15, -0.1) is 12.4 Å². The smallest absolute Gasteiger partial charge is 0.339 e. The van der Waals surface area contributed by atoms with Crippen molar-refractivity contribution < 1.29 is 22.3 Å². The molecule has 0 aliphatic rings. The highest BCUT2D eigenvalue weighted by atomic mass is 35.5. The molecule has 6 nitrogen and oxygen atoms in total. The zero-order valence-corrected chi connectivity index (χ0v) is 16.4. The van der Waals surface area contributed by atoms with Crippen molar-refractivity contribution in [3.63, 3.8) is 0 Å². The second-order valence-corrected chi connectivity index (χ2v) is 7.50. The Balaban J connectivity index is 0.00000364. The Kier molecular flexibility index (Phi) is 8.84. The highest BCUT2D eigenvalue weighted by Gasteiger charge is 2.29. The molecule has 0 unspecified atom stereocenters. The van der Waals surface area contributed by atoms with Gasteiger partial charge < -0.3 is 10.5 Å². The Labute approximate surface area is 164 Å². The van der Waals surface area contributed by atoms with Gasteiger partial charge in [0.05, 0.1) is 17.6 Å². The molecule has 27 heavy (non-hydrogen) atoms. The molecular weight excluding hydrogens is 395 g/mol. The molecule has 9 heteroatoms. The monoisotopic (exact) mass is 416 g/mol. The third-order valence-corrected chi connectivity index (χ3v) is 5.68. The van der Waals surface area contributed by atoms with Crippen LogP contribution in [0.2, 0.25) is 0 Å². The van der Waals surface area contributed by atoms with E-state index in [2.05, 4.69) is 4.74 Å². The quantitative estimate of drug-likeness (QED) is 0.668. The minimum atomic E-state index is -4.06. The predicted octanol–water partition coefficient (Wildman–Crippen LogP) is 2.57. The van der Waals surface area contributed by atoms with E-state index >= 15 is 0 Å². The topological polar surface area (TPSA) is 89.7 Å². The first-order valence-electron chi connectivity index (χ1n) is 8.02. The van der Waals surface area contributed by atoms with Crippen LogP contribution in [0.3, 0.4) is 0 Å². The summed E-state index contributed by atoms with van der Waals surface area (Å²) in [5, 5.41) is 0. The van der Waals surface area contributed by atoms with Crippen LogP contribution in [0.5, 0.6) is 0 Å². The van der Waals surface area contributed by atoms with Gasteiger partial charge in [-0.1, -0.05) is 30.3 Å². The van der Waals surface area contributed by atoms with Crippen molar-refractivity contribution in [1.82, 2.24) is 4.31 Å². The van der Waals surface area contributed by atoms with E-state index < -0.39 is 21.8 Å². The fourth-order valence-electron chi connectivity index (χ4n) is 2.47. The predicted molar refractivity (Wildman–Crippen MR) is 103 cm³/mol. The van der Waals surface area contributed by atoms with Crippen LogP contribution in [-0.2, 0) is 21.3 Å². The van der Waals surface area contributed by atoms with Gasteiger partial charge in [-0.3, -0.25) is 0 Å². The number of methoxy groups -OCH3 is 1. The number of sulfonamides is 1. The lowest BCUT2D eigenvalue weighted by molar-refractivity contribution is 0.0595. The summed E-state index contributed by atoms with van der Waals surface area (Å²) < 4.78 is 45.7. The second-order valence-electron chi connectivity index (χ2n) is 5.60. The number of nitrogens with two attached hydrogens (primary N) is 1. The Morgan fingerprint density at radius 2 is 1.85 bits per heavy atom. The SMILES string of the molecule is COC(=O)c1cc(F)ccc1S(=O)(=O)N(CCCN)Cc1ccccc1.Cl. The van der Waals surface area contributed by atoms with Crippen molar-refractivity contribution in [3.8, 4) is 0 Å². The first-order chi connectivity index (χ1) is 12.4. The number of hydrogen-bond donors (Lipinski definition) is 1. The summed E-state index contributed by atoms with van der Waals surface area (Å²) in [5.74, 6) is -1.64. The molecule has 0 fully saturated rings. The summed E-state index contributed by atoms with van der Waals surface area (Å²) in [5.41, 5.74) is 5.98. The Hall–Kier alpha value is -2.00. The summed E-state index contributed by atoms with van der Waals surface area (Å²) in [6.07, 6.45) is 0.445. The van der Waals surface area contributed by atoms with Gasteiger partial charge >= 0.3 is 5.97 Å². The van der Waals surface area contributed by atoms with Crippen LogP contribution in [-0.4, -0.2) is 38.9 Å². The maximum atomic E-state index is 13.5. The number of halogens is 2. The largest absolute Gasteiger partial charge is 0.465 e. The van der Waals surface area contributed by atoms with Crippen LogP contribution in [0.1, 0.15) is 22.3 Å². The van der Waals surface area contributed by atoms with Gasteiger partial charge in [-0.05, 0) is 36.7 Å². The summed E-state index contributed by atoms with van der Waals surface area (Å²) in [7, 11) is -2.95. The summed E-state index contributed by atoms with van der Waals surface area (Å²) in [6, 6.07) is 12.0. The third kappa shape index (κ3) is 5.74. The molecular formula is C18H22ClFN2O4S. The molecule has 2 aromatic rings. The number of esters is 1. The summed E-state index contributed by atoms with van der Waals surface area (Å²) >= 11 is 0. The highest BCUT2D eigenvalue weighted by molar-refractivity contribution is 7.89. The van der Waals surface area contributed by atoms with Crippen LogP contribution in [0, 0.1) is 5.82 Å². The first kappa shape index (κ1) is 23.0. The van der Waals surface area contributed by atoms with E-state index in [1.807, 2.05) is 6.07 Å². The van der Waals surface area contributed by atoms with Gasteiger partial charge in [0, 0.05) is 13.1 Å². The lowest BCUT2D eigenvalue weighted by Gasteiger charge is -2.23. The van der Waals surface area contributed by atoms with E-state index in [4.69, 9.17) is 5.73 Å². The van der Waals surface area contributed by atoms with E-state index in [-0.39, 0.29) is 36.0 Å². The van der Waals surface area contributed by atoms with Crippen LogP contribution < -0.4 is 5.73 Å². The molecule has 148 valence electrons. The van der Waals surface area contributed by atoms with Crippen molar-refractivity contribution in [3.05, 3.63) is 65.5 Å². The van der Waals surface area contributed by atoms with Crippen molar-refractivity contribution in [2.45, 2.75) is 17.9 Å². The average Bonchev–Trinajstić information content (AvgIpc) is 2.64. The normalized spacial score (nSPS) is 11.1. The second kappa shape index (κ2) is 10.4. The van der Waals surface area contributed by atoms with Crippen LogP contribution >= 0.6 is 12.4 Å². The number of nitrogens with zero attached hydrogens (tertiary/aromatic N) is 1. The van der Waals surface area contributed by atoms with Crippen molar-refractivity contribution in [2.24, 2.45) is 5.73 Å². The van der Waals surface area contributed by atoms with E-state index in [1.165, 1.54) is 4.31 Å². The van der Waals surface area contributed by atoms with Crippen molar-refractivity contribution in [2.75, 3.05) is 20.2 Å². The molecule has 0 aromatic heterocycles. The molecule has 0 aliphatic heterocycles. The fraction of sp³-hybridized carbons (Fsp3) is 0.278. The number of ether oxygens (including phenoxy) is 1. The number of benzene rings is 2. The molecule has 2 rings (SSSR count). The molecule has 0 amide bonds. The lowest BCUT2D eigenvalue weighted by Crippen LogP contribution is -2.33. The third-order valence-electron chi connectivity index (χ3n) is 3.78. The Bertz CT molecular complexity index is 863. The molecule has 0 radical (unpaired) electrons. The molecule has 0 bridgehead atoms. The van der Waals surface area contributed by atoms with E-state index in [0.717, 1.165) is 30.9 Å². The van der Waals surface area contributed by atoms with Gasteiger partial charge in [0.1, 0.15) is 5.82 Å². The van der Waals surface area contributed by atoms with Crippen LogP contribution in [0.15, 0.2) is 53.4 Å². The minimum absolute atomic E-state index is 0. The number of carbonyl (C=O) groups excluding carboxylic acids is 1. The van der Waals surface area contributed by atoms with Gasteiger partial charge in [-0.25, -0.2) is 17.6 Å². The Morgan fingerprint density at radius 1 is 1.19 bits per heavy atom. The molecule has 0 atom stereocenters. The zero-order valence-electron chi connectivity index (χ0n) is 14.8. The maximum absolute atomic E-state index is 13.5. The van der Waals surface area contributed by atoms with Gasteiger partial charge in [0.2, 0.25) is 10.0 Å². The lowest BCUT2D eigenvalue weighted by atomic mass is 10.2. The maximum Gasteiger partial charge on any atom is 0.339 e. The number of carbonyl (C=O) groups is 1. The molecule has 0 aliphatic carbocycles. The summed E-state index contributed by atoms with van der Waals surface area (Å²) in [6.45, 7) is 0.598. The first-order valence-corrected chi connectivity index (χ1v) is 9.46. The van der Waals surface area contributed by atoms with Gasteiger partial charge in [0.25, 0.3) is 0 Å². The average molecular weight is 417 g/mol. The molecule has 0 heterocycles. The van der Waals surface area contributed by atoms with Gasteiger partial charge in [0.15, 0.2) is 0 Å². The molecule has 0 spiro atoms. The van der Waals surface area contributed by atoms with Crippen molar-refractivity contribution >= 4 is 28.4 Å². The molecule has 2 N–H and O–H groups in total. The van der Waals surface area contributed by atoms with E-state index in [1.54, 1.807) is 24.3 Å². The van der Waals surface area contributed by atoms with Crippen molar-refractivity contribution in [1.29, 1.82) is 0 Å². The van der Waals surface area contributed by atoms with Gasteiger partial charge in [-0.2, -0.15) is 4.31 Å². The molecule has 2 aromatic carbocycles. The Morgan fingerprint density at radius 3 is 2.44 bits per heavy atom. The van der Waals surface area contributed by atoms with Crippen LogP contribution in [0.25, 0.3) is 0 Å².